The van der Waals surface area contributed by atoms with Crippen LogP contribution in [0.15, 0.2) is 29.2 Å². The first-order valence-corrected chi connectivity index (χ1v) is 7.96. The fourth-order valence-electron chi connectivity index (χ4n) is 1.82. The molecule has 1 rings (SSSR count). The molecule has 1 aromatic carbocycles. The number of amides is 1. The second-order valence-corrected chi connectivity index (χ2v) is 6.37. The molecule has 0 radical (unpaired) electrons. The van der Waals surface area contributed by atoms with Crippen LogP contribution in [0.4, 0.5) is 0 Å². The maximum atomic E-state index is 12.3. The Bertz CT molecular complexity index is 609. The van der Waals surface area contributed by atoms with Gasteiger partial charge in [-0.3, -0.25) is 9.59 Å². The molecule has 110 valence electrons. The van der Waals surface area contributed by atoms with Gasteiger partial charge in [0.2, 0.25) is 0 Å². The van der Waals surface area contributed by atoms with E-state index in [0.29, 0.717) is 6.42 Å². The van der Waals surface area contributed by atoms with Gasteiger partial charge < -0.3 is 10.0 Å². The summed E-state index contributed by atoms with van der Waals surface area (Å²) in [6.45, 7) is 1.61. The van der Waals surface area contributed by atoms with Gasteiger partial charge in [-0.05, 0) is 18.6 Å². The minimum absolute atomic E-state index is 0.00435. The van der Waals surface area contributed by atoms with Gasteiger partial charge in [-0.15, -0.1) is 0 Å². The molecule has 0 saturated heterocycles. The van der Waals surface area contributed by atoms with Crippen LogP contribution in [0.1, 0.15) is 23.7 Å². The van der Waals surface area contributed by atoms with E-state index in [-0.39, 0.29) is 17.0 Å². The van der Waals surface area contributed by atoms with Crippen molar-refractivity contribution >= 4 is 21.7 Å². The minimum atomic E-state index is -3.55. The van der Waals surface area contributed by atoms with E-state index >= 15 is 0 Å². The SMILES string of the molecule is CCCN(CC(=O)O)C(=O)c1ccccc1S(C)(=O)=O. The van der Waals surface area contributed by atoms with Crippen molar-refractivity contribution in [2.75, 3.05) is 19.3 Å². The summed E-state index contributed by atoms with van der Waals surface area (Å²) >= 11 is 0. The molecular formula is C13H17NO5S. The van der Waals surface area contributed by atoms with Crippen molar-refractivity contribution in [3.8, 4) is 0 Å². The monoisotopic (exact) mass is 299 g/mol. The lowest BCUT2D eigenvalue weighted by Crippen LogP contribution is -2.36. The van der Waals surface area contributed by atoms with Crippen LogP contribution in [0.2, 0.25) is 0 Å². The number of rotatable bonds is 6. The van der Waals surface area contributed by atoms with Crippen LogP contribution in [-0.2, 0) is 14.6 Å². The molecule has 0 heterocycles. The summed E-state index contributed by atoms with van der Waals surface area (Å²) < 4.78 is 23.3. The van der Waals surface area contributed by atoms with E-state index < -0.39 is 28.3 Å². The van der Waals surface area contributed by atoms with E-state index in [1.165, 1.54) is 18.2 Å². The number of sulfone groups is 1. The molecule has 0 aliphatic rings. The zero-order chi connectivity index (χ0) is 15.3. The van der Waals surface area contributed by atoms with Crippen LogP contribution in [-0.4, -0.2) is 49.6 Å². The Morgan fingerprint density at radius 1 is 1.25 bits per heavy atom. The number of hydrogen-bond donors (Lipinski definition) is 1. The Kier molecular flexibility index (Phi) is 5.26. The first kappa shape index (κ1) is 16.2. The van der Waals surface area contributed by atoms with Crippen molar-refractivity contribution in [3.05, 3.63) is 29.8 Å². The number of carboxylic acid groups (broad SMARTS) is 1. The first-order valence-electron chi connectivity index (χ1n) is 6.07. The van der Waals surface area contributed by atoms with Crippen molar-refractivity contribution in [1.82, 2.24) is 4.90 Å². The Labute approximate surface area is 117 Å². The molecule has 6 nitrogen and oxygen atoms in total. The summed E-state index contributed by atoms with van der Waals surface area (Å²) in [6.07, 6.45) is 1.60. The standard InChI is InChI=1S/C13H17NO5S/c1-3-8-14(9-12(15)16)13(17)10-6-4-5-7-11(10)20(2,18)19/h4-7H,3,8-9H2,1-2H3,(H,15,16). The molecule has 0 aliphatic carbocycles. The van der Waals surface area contributed by atoms with Gasteiger partial charge in [0.25, 0.3) is 5.91 Å². The maximum absolute atomic E-state index is 12.3. The predicted molar refractivity (Wildman–Crippen MR) is 73.4 cm³/mol. The highest BCUT2D eigenvalue weighted by molar-refractivity contribution is 7.90. The van der Waals surface area contributed by atoms with Crippen LogP contribution >= 0.6 is 0 Å². The largest absolute Gasteiger partial charge is 0.480 e. The molecule has 0 aromatic heterocycles. The molecule has 0 saturated carbocycles. The van der Waals surface area contributed by atoms with Crippen molar-refractivity contribution < 1.29 is 23.1 Å². The molecule has 0 aliphatic heterocycles. The number of nitrogens with zero attached hydrogens (tertiary/aromatic N) is 1. The normalized spacial score (nSPS) is 11.1. The lowest BCUT2D eigenvalue weighted by atomic mass is 10.2. The molecule has 0 fully saturated rings. The third-order valence-corrected chi connectivity index (χ3v) is 3.78. The van der Waals surface area contributed by atoms with Gasteiger partial charge in [0.1, 0.15) is 6.54 Å². The van der Waals surface area contributed by atoms with Gasteiger partial charge in [0.05, 0.1) is 10.5 Å². The number of carboxylic acids is 1. The van der Waals surface area contributed by atoms with Gasteiger partial charge in [0, 0.05) is 12.8 Å². The molecule has 0 atom stereocenters. The average molecular weight is 299 g/mol. The fraction of sp³-hybridized carbons (Fsp3) is 0.385. The highest BCUT2D eigenvalue weighted by atomic mass is 32.2. The highest BCUT2D eigenvalue weighted by Gasteiger charge is 2.23. The Hall–Kier alpha value is -1.89. The number of aliphatic carboxylic acids is 1. The fourth-order valence-corrected chi connectivity index (χ4v) is 2.70. The Morgan fingerprint density at radius 3 is 2.35 bits per heavy atom. The second kappa shape index (κ2) is 6.51. The van der Waals surface area contributed by atoms with Gasteiger partial charge in [-0.1, -0.05) is 19.1 Å². The molecule has 1 N–H and O–H groups in total. The summed E-state index contributed by atoms with van der Waals surface area (Å²) in [6, 6.07) is 5.80. The van der Waals surface area contributed by atoms with Crippen molar-refractivity contribution in [2.45, 2.75) is 18.2 Å². The smallest absolute Gasteiger partial charge is 0.323 e. The van der Waals surface area contributed by atoms with E-state index in [0.717, 1.165) is 11.2 Å². The third kappa shape index (κ3) is 4.06. The predicted octanol–water partition coefficient (Wildman–Crippen LogP) is 1.03. The van der Waals surface area contributed by atoms with Crippen LogP contribution in [0.5, 0.6) is 0 Å². The van der Waals surface area contributed by atoms with Crippen LogP contribution in [0, 0.1) is 0 Å². The van der Waals surface area contributed by atoms with Crippen molar-refractivity contribution in [1.29, 1.82) is 0 Å². The maximum Gasteiger partial charge on any atom is 0.323 e. The molecular weight excluding hydrogens is 282 g/mol. The van der Waals surface area contributed by atoms with Gasteiger partial charge in [-0.2, -0.15) is 0 Å². The number of carbonyl (C=O) groups is 2. The minimum Gasteiger partial charge on any atom is -0.480 e. The van der Waals surface area contributed by atoms with Crippen LogP contribution < -0.4 is 0 Å². The molecule has 0 unspecified atom stereocenters. The molecule has 7 heteroatoms. The van der Waals surface area contributed by atoms with Crippen LogP contribution in [0.25, 0.3) is 0 Å². The molecule has 1 amide bonds. The zero-order valence-corrected chi connectivity index (χ0v) is 12.2. The summed E-state index contributed by atoms with van der Waals surface area (Å²) in [5.74, 6) is -1.72. The Balaban J connectivity index is 3.22. The van der Waals surface area contributed by atoms with Gasteiger partial charge in [-0.25, -0.2) is 8.42 Å². The lowest BCUT2D eigenvalue weighted by Gasteiger charge is -2.21. The van der Waals surface area contributed by atoms with Gasteiger partial charge in [0.15, 0.2) is 9.84 Å². The highest BCUT2D eigenvalue weighted by Crippen LogP contribution is 2.17. The van der Waals surface area contributed by atoms with E-state index in [1.807, 2.05) is 6.92 Å². The van der Waals surface area contributed by atoms with E-state index in [9.17, 15) is 18.0 Å². The number of hydrogen-bond acceptors (Lipinski definition) is 4. The van der Waals surface area contributed by atoms with Gasteiger partial charge >= 0.3 is 5.97 Å². The Morgan fingerprint density at radius 2 is 1.85 bits per heavy atom. The van der Waals surface area contributed by atoms with Crippen molar-refractivity contribution in [3.63, 3.8) is 0 Å². The zero-order valence-electron chi connectivity index (χ0n) is 11.4. The van der Waals surface area contributed by atoms with Crippen LogP contribution in [0.3, 0.4) is 0 Å². The summed E-state index contributed by atoms with van der Waals surface area (Å²) in [5.41, 5.74) is 0.00435. The molecule has 0 bridgehead atoms. The number of carbonyl (C=O) groups excluding carboxylic acids is 1. The second-order valence-electron chi connectivity index (χ2n) is 4.39. The van der Waals surface area contributed by atoms with E-state index in [1.54, 1.807) is 6.07 Å². The first-order chi connectivity index (χ1) is 9.27. The molecule has 1 aromatic rings. The third-order valence-electron chi connectivity index (χ3n) is 2.62. The van der Waals surface area contributed by atoms with E-state index in [2.05, 4.69) is 0 Å². The summed E-state index contributed by atoms with van der Waals surface area (Å²) in [7, 11) is -3.55. The molecule has 0 spiro atoms. The van der Waals surface area contributed by atoms with E-state index in [4.69, 9.17) is 5.11 Å². The average Bonchev–Trinajstić information content (AvgIpc) is 2.36. The van der Waals surface area contributed by atoms with Crippen molar-refractivity contribution in [2.24, 2.45) is 0 Å². The topological polar surface area (TPSA) is 91.8 Å². The summed E-state index contributed by atoms with van der Waals surface area (Å²) in [5, 5.41) is 8.82. The lowest BCUT2D eigenvalue weighted by molar-refractivity contribution is -0.137. The summed E-state index contributed by atoms with van der Waals surface area (Å²) in [4.78, 5) is 24.2. The number of benzene rings is 1. The molecule has 20 heavy (non-hydrogen) atoms. The quantitative estimate of drug-likeness (QED) is 0.847.